The standard InChI is InChI=1S/C16H15ClN2O/c1-2-8-19-15-7-6-12(17)10-14(15)18-16(19)11-4-3-5-13(20)9-11/h3-7,9-10,20H,2,8H2,1H3. The number of hydrogen-bond acceptors (Lipinski definition) is 2. The summed E-state index contributed by atoms with van der Waals surface area (Å²) in [7, 11) is 0. The largest absolute Gasteiger partial charge is 0.508 e. The molecule has 0 spiro atoms. The predicted molar refractivity (Wildman–Crippen MR) is 82.1 cm³/mol. The smallest absolute Gasteiger partial charge is 0.141 e. The van der Waals surface area contributed by atoms with Gasteiger partial charge in [0.2, 0.25) is 0 Å². The lowest BCUT2D eigenvalue weighted by molar-refractivity contribution is 0.475. The van der Waals surface area contributed by atoms with Gasteiger partial charge in [-0.15, -0.1) is 0 Å². The Morgan fingerprint density at radius 2 is 2.05 bits per heavy atom. The third-order valence-corrected chi connectivity index (χ3v) is 3.50. The summed E-state index contributed by atoms with van der Waals surface area (Å²) in [6, 6.07) is 12.9. The van der Waals surface area contributed by atoms with Crippen LogP contribution in [-0.2, 0) is 6.54 Å². The molecular formula is C16H15ClN2O. The van der Waals surface area contributed by atoms with Gasteiger partial charge in [-0.3, -0.25) is 0 Å². The van der Waals surface area contributed by atoms with Gasteiger partial charge < -0.3 is 9.67 Å². The highest BCUT2D eigenvalue weighted by atomic mass is 35.5. The highest BCUT2D eigenvalue weighted by Gasteiger charge is 2.12. The summed E-state index contributed by atoms with van der Waals surface area (Å²) in [5.41, 5.74) is 2.85. The molecule has 0 atom stereocenters. The van der Waals surface area contributed by atoms with Crippen LogP contribution in [0, 0.1) is 0 Å². The molecule has 0 aliphatic carbocycles. The zero-order valence-corrected chi connectivity index (χ0v) is 11.9. The lowest BCUT2D eigenvalue weighted by atomic mass is 10.2. The van der Waals surface area contributed by atoms with E-state index in [9.17, 15) is 5.11 Å². The first-order valence-electron chi connectivity index (χ1n) is 6.64. The van der Waals surface area contributed by atoms with Crippen molar-refractivity contribution in [3.63, 3.8) is 0 Å². The molecule has 20 heavy (non-hydrogen) atoms. The van der Waals surface area contributed by atoms with Gasteiger partial charge in [-0.1, -0.05) is 30.7 Å². The number of rotatable bonds is 3. The maximum absolute atomic E-state index is 9.66. The molecule has 1 heterocycles. The minimum absolute atomic E-state index is 0.246. The van der Waals surface area contributed by atoms with Crippen molar-refractivity contribution in [1.29, 1.82) is 0 Å². The van der Waals surface area contributed by atoms with Crippen LogP contribution in [-0.4, -0.2) is 14.7 Å². The number of nitrogens with zero attached hydrogens (tertiary/aromatic N) is 2. The van der Waals surface area contributed by atoms with Crippen LogP contribution in [0.15, 0.2) is 42.5 Å². The van der Waals surface area contributed by atoms with Gasteiger partial charge >= 0.3 is 0 Å². The van der Waals surface area contributed by atoms with Gasteiger partial charge in [-0.2, -0.15) is 0 Å². The number of halogens is 1. The van der Waals surface area contributed by atoms with Gasteiger partial charge in [0.1, 0.15) is 11.6 Å². The van der Waals surface area contributed by atoms with Crippen LogP contribution in [0.3, 0.4) is 0 Å². The van der Waals surface area contributed by atoms with Gasteiger partial charge in [0.05, 0.1) is 11.0 Å². The molecule has 0 saturated carbocycles. The summed E-state index contributed by atoms with van der Waals surface area (Å²) in [5, 5.41) is 10.3. The molecule has 0 aliphatic heterocycles. The number of benzene rings is 2. The third-order valence-electron chi connectivity index (χ3n) is 3.26. The Labute approximate surface area is 122 Å². The normalized spacial score (nSPS) is 11.1. The van der Waals surface area contributed by atoms with Crippen molar-refractivity contribution in [2.75, 3.05) is 0 Å². The van der Waals surface area contributed by atoms with Gasteiger partial charge in [0, 0.05) is 17.1 Å². The zero-order chi connectivity index (χ0) is 14.1. The van der Waals surface area contributed by atoms with E-state index in [-0.39, 0.29) is 5.75 Å². The van der Waals surface area contributed by atoms with Crippen molar-refractivity contribution < 1.29 is 5.11 Å². The molecule has 1 N–H and O–H groups in total. The molecule has 3 nitrogen and oxygen atoms in total. The number of aryl methyl sites for hydroxylation is 1. The summed E-state index contributed by atoms with van der Waals surface area (Å²) in [6.07, 6.45) is 1.01. The maximum atomic E-state index is 9.66. The van der Waals surface area contributed by atoms with Crippen LogP contribution in [0.4, 0.5) is 0 Å². The Bertz CT molecular complexity index is 764. The van der Waals surface area contributed by atoms with E-state index in [1.54, 1.807) is 12.1 Å². The molecule has 102 valence electrons. The number of phenols is 1. The number of phenolic OH excluding ortho intramolecular Hbond substituents is 1. The van der Waals surface area contributed by atoms with Gasteiger partial charge in [0.25, 0.3) is 0 Å². The molecule has 0 bridgehead atoms. The lowest BCUT2D eigenvalue weighted by Gasteiger charge is -2.08. The molecule has 2 aromatic carbocycles. The Morgan fingerprint density at radius 1 is 1.20 bits per heavy atom. The first kappa shape index (κ1) is 13.0. The van der Waals surface area contributed by atoms with Crippen molar-refractivity contribution in [1.82, 2.24) is 9.55 Å². The van der Waals surface area contributed by atoms with Crippen LogP contribution in [0.1, 0.15) is 13.3 Å². The molecule has 0 saturated heterocycles. The van der Waals surface area contributed by atoms with E-state index in [1.165, 1.54) is 0 Å². The summed E-state index contributed by atoms with van der Waals surface area (Å²) >= 11 is 6.04. The summed E-state index contributed by atoms with van der Waals surface area (Å²) in [4.78, 5) is 4.67. The van der Waals surface area contributed by atoms with E-state index in [0.29, 0.717) is 5.02 Å². The fourth-order valence-corrected chi connectivity index (χ4v) is 2.58. The topological polar surface area (TPSA) is 38.0 Å². The summed E-state index contributed by atoms with van der Waals surface area (Å²) in [6.45, 7) is 3.01. The van der Waals surface area contributed by atoms with E-state index < -0.39 is 0 Å². The van der Waals surface area contributed by atoms with E-state index >= 15 is 0 Å². The Hall–Kier alpha value is -2.00. The average molecular weight is 287 g/mol. The molecule has 0 unspecified atom stereocenters. The second kappa shape index (κ2) is 5.17. The number of imidazole rings is 1. The molecule has 3 aromatic rings. The molecule has 1 aromatic heterocycles. The quantitative estimate of drug-likeness (QED) is 0.771. The maximum Gasteiger partial charge on any atom is 0.141 e. The lowest BCUT2D eigenvalue weighted by Crippen LogP contribution is -1.99. The third kappa shape index (κ3) is 2.25. The molecular weight excluding hydrogens is 272 g/mol. The first-order valence-corrected chi connectivity index (χ1v) is 7.02. The van der Waals surface area contributed by atoms with Crippen molar-refractivity contribution >= 4 is 22.6 Å². The highest BCUT2D eigenvalue weighted by Crippen LogP contribution is 2.28. The number of fused-ring (bicyclic) bond motifs is 1. The number of aromatic nitrogens is 2. The van der Waals surface area contributed by atoms with E-state index in [4.69, 9.17) is 11.6 Å². The number of hydrogen-bond donors (Lipinski definition) is 1. The van der Waals surface area contributed by atoms with Gasteiger partial charge in [0.15, 0.2) is 0 Å². The van der Waals surface area contributed by atoms with Crippen molar-refractivity contribution in [3.8, 4) is 17.1 Å². The molecule has 0 amide bonds. The molecule has 0 aliphatic rings. The van der Waals surface area contributed by atoms with E-state index in [0.717, 1.165) is 35.4 Å². The van der Waals surface area contributed by atoms with Crippen LogP contribution < -0.4 is 0 Å². The molecule has 4 heteroatoms. The average Bonchev–Trinajstić information content (AvgIpc) is 2.77. The fraction of sp³-hybridized carbons (Fsp3) is 0.188. The Morgan fingerprint density at radius 3 is 2.80 bits per heavy atom. The van der Waals surface area contributed by atoms with Crippen LogP contribution in [0.25, 0.3) is 22.4 Å². The van der Waals surface area contributed by atoms with Crippen LogP contribution in [0.2, 0.25) is 5.02 Å². The van der Waals surface area contributed by atoms with Crippen molar-refractivity contribution in [2.45, 2.75) is 19.9 Å². The minimum atomic E-state index is 0.246. The van der Waals surface area contributed by atoms with E-state index in [1.807, 2.05) is 30.3 Å². The highest BCUT2D eigenvalue weighted by molar-refractivity contribution is 6.31. The van der Waals surface area contributed by atoms with E-state index in [2.05, 4.69) is 16.5 Å². The monoisotopic (exact) mass is 286 g/mol. The second-order valence-electron chi connectivity index (χ2n) is 4.77. The number of aromatic hydroxyl groups is 1. The molecule has 0 radical (unpaired) electrons. The first-order chi connectivity index (χ1) is 9.69. The van der Waals surface area contributed by atoms with Gasteiger partial charge in [-0.25, -0.2) is 4.98 Å². The predicted octanol–water partition coefficient (Wildman–Crippen LogP) is 4.47. The molecule has 0 fully saturated rings. The van der Waals surface area contributed by atoms with Crippen LogP contribution >= 0.6 is 11.6 Å². The van der Waals surface area contributed by atoms with Crippen molar-refractivity contribution in [3.05, 3.63) is 47.5 Å². The van der Waals surface area contributed by atoms with Gasteiger partial charge in [-0.05, 0) is 36.8 Å². The fourth-order valence-electron chi connectivity index (χ4n) is 2.42. The Kier molecular flexibility index (Phi) is 3.36. The zero-order valence-electron chi connectivity index (χ0n) is 11.2. The molecule has 3 rings (SSSR count). The summed E-state index contributed by atoms with van der Waals surface area (Å²) in [5.74, 6) is 1.11. The second-order valence-corrected chi connectivity index (χ2v) is 5.21. The SMILES string of the molecule is CCCn1c(-c2cccc(O)c2)nc2cc(Cl)ccc21. The summed E-state index contributed by atoms with van der Waals surface area (Å²) < 4.78 is 2.17. The Balaban J connectivity index is 2.25. The van der Waals surface area contributed by atoms with Crippen molar-refractivity contribution in [2.24, 2.45) is 0 Å². The van der Waals surface area contributed by atoms with Crippen LogP contribution in [0.5, 0.6) is 5.75 Å². The minimum Gasteiger partial charge on any atom is -0.508 e.